The molecule has 0 radical (unpaired) electrons. The van der Waals surface area contributed by atoms with E-state index >= 15 is 0 Å². The molecule has 2 heterocycles. The zero-order valence-corrected chi connectivity index (χ0v) is 13.6. The van der Waals surface area contributed by atoms with Gasteiger partial charge in [-0.1, -0.05) is 0 Å². The molecule has 126 valence electrons. The van der Waals surface area contributed by atoms with Crippen molar-refractivity contribution in [3.8, 4) is 5.75 Å². The molecule has 24 heavy (non-hydrogen) atoms. The lowest BCUT2D eigenvalue weighted by Gasteiger charge is -2.28. The first kappa shape index (κ1) is 15.4. The van der Waals surface area contributed by atoms with Crippen molar-refractivity contribution in [2.24, 2.45) is 0 Å². The fourth-order valence-corrected chi connectivity index (χ4v) is 3.14. The van der Waals surface area contributed by atoms with E-state index in [4.69, 9.17) is 4.74 Å². The molecule has 0 saturated heterocycles. The maximum atomic E-state index is 14.1. The van der Waals surface area contributed by atoms with Crippen LogP contribution in [0.2, 0.25) is 0 Å². The molecule has 1 aromatic heterocycles. The summed E-state index contributed by atoms with van der Waals surface area (Å²) in [4.78, 5) is 11.1. The van der Waals surface area contributed by atoms with Crippen molar-refractivity contribution in [2.45, 2.75) is 38.3 Å². The molecule has 2 aromatic rings. The lowest BCUT2D eigenvalue weighted by Crippen LogP contribution is -2.31. The lowest BCUT2D eigenvalue weighted by molar-refractivity contribution is 0.235. The molecule has 0 atom stereocenters. The summed E-state index contributed by atoms with van der Waals surface area (Å²) in [6, 6.07) is 2.45. The second-order valence-electron chi connectivity index (χ2n) is 6.50. The van der Waals surface area contributed by atoms with E-state index in [1.54, 1.807) is 0 Å². The van der Waals surface area contributed by atoms with Crippen LogP contribution in [-0.4, -0.2) is 28.5 Å². The van der Waals surface area contributed by atoms with E-state index in [0.29, 0.717) is 12.5 Å². The minimum absolute atomic E-state index is 0.0785. The number of ether oxygens (including phenoxy) is 1. The van der Waals surface area contributed by atoms with Crippen LogP contribution in [-0.2, 0) is 19.5 Å². The topological polar surface area (TPSA) is 38.2 Å². The standard InChI is InChI=1S/C18H19F2N3O/c1-24-13-6-15(19)14(16(20)7-13)10-23-5-4-17-12(9-23)8-21-18(22-17)11-2-3-11/h6-8,11H,2-5,9-10H2,1H3. The monoisotopic (exact) mass is 331 g/mol. The van der Waals surface area contributed by atoms with Crippen LogP contribution < -0.4 is 4.74 Å². The van der Waals surface area contributed by atoms with Crippen molar-refractivity contribution in [1.82, 2.24) is 14.9 Å². The van der Waals surface area contributed by atoms with Crippen LogP contribution in [0.15, 0.2) is 18.3 Å². The van der Waals surface area contributed by atoms with Gasteiger partial charge in [0.25, 0.3) is 0 Å². The SMILES string of the molecule is COc1cc(F)c(CN2CCc3nc(C4CC4)ncc3C2)c(F)c1. The van der Waals surface area contributed by atoms with Gasteiger partial charge in [0.05, 0.1) is 7.11 Å². The first-order chi connectivity index (χ1) is 11.6. The van der Waals surface area contributed by atoms with Gasteiger partial charge in [-0.25, -0.2) is 18.7 Å². The third-order valence-electron chi connectivity index (χ3n) is 4.71. The second-order valence-corrected chi connectivity index (χ2v) is 6.50. The zero-order chi connectivity index (χ0) is 16.7. The summed E-state index contributed by atoms with van der Waals surface area (Å²) in [5.74, 6) is 0.542. The third kappa shape index (κ3) is 2.98. The fourth-order valence-electron chi connectivity index (χ4n) is 3.14. The quantitative estimate of drug-likeness (QED) is 0.862. The smallest absolute Gasteiger partial charge is 0.134 e. The predicted molar refractivity (Wildman–Crippen MR) is 84.7 cm³/mol. The van der Waals surface area contributed by atoms with Gasteiger partial charge in [0, 0.05) is 67.1 Å². The zero-order valence-electron chi connectivity index (χ0n) is 13.6. The third-order valence-corrected chi connectivity index (χ3v) is 4.71. The molecule has 0 spiro atoms. The van der Waals surface area contributed by atoms with E-state index in [2.05, 4.69) is 9.97 Å². The summed E-state index contributed by atoms with van der Waals surface area (Å²) in [6.07, 6.45) is 5.03. The van der Waals surface area contributed by atoms with Crippen molar-refractivity contribution >= 4 is 0 Å². The van der Waals surface area contributed by atoms with E-state index < -0.39 is 11.6 Å². The highest BCUT2D eigenvalue weighted by Gasteiger charge is 2.28. The molecule has 1 aliphatic carbocycles. The van der Waals surface area contributed by atoms with Crippen molar-refractivity contribution in [2.75, 3.05) is 13.7 Å². The van der Waals surface area contributed by atoms with E-state index in [1.165, 1.54) is 32.1 Å². The number of nitrogens with zero attached hydrogens (tertiary/aromatic N) is 3. The second kappa shape index (κ2) is 6.09. The highest BCUT2D eigenvalue weighted by molar-refractivity contribution is 5.31. The first-order valence-electron chi connectivity index (χ1n) is 8.23. The molecule has 0 bridgehead atoms. The van der Waals surface area contributed by atoms with Crippen LogP contribution in [0.5, 0.6) is 5.75 Å². The van der Waals surface area contributed by atoms with Crippen molar-refractivity contribution in [3.63, 3.8) is 0 Å². The Morgan fingerprint density at radius 2 is 2.00 bits per heavy atom. The summed E-state index contributed by atoms with van der Waals surface area (Å²) in [5, 5.41) is 0. The Bertz CT molecular complexity index is 754. The molecule has 0 unspecified atom stereocenters. The molecule has 1 aliphatic heterocycles. The Balaban J connectivity index is 1.51. The van der Waals surface area contributed by atoms with Gasteiger partial charge in [0.1, 0.15) is 23.2 Å². The molecule has 4 nitrogen and oxygen atoms in total. The molecule has 2 aliphatic rings. The molecule has 0 amide bonds. The number of methoxy groups -OCH3 is 1. The first-order valence-corrected chi connectivity index (χ1v) is 8.23. The van der Waals surface area contributed by atoms with Crippen molar-refractivity contribution in [1.29, 1.82) is 0 Å². The van der Waals surface area contributed by atoms with Gasteiger partial charge in [0.15, 0.2) is 0 Å². The lowest BCUT2D eigenvalue weighted by atomic mass is 10.1. The van der Waals surface area contributed by atoms with Gasteiger partial charge in [-0.05, 0) is 12.8 Å². The van der Waals surface area contributed by atoms with E-state index in [0.717, 1.165) is 30.0 Å². The Hall–Kier alpha value is -2.08. The van der Waals surface area contributed by atoms with E-state index in [1.807, 2.05) is 11.1 Å². The van der Waals surface area contributed by atoms with Gasteiger partial charge < -0.3 is 4.74 Å². The molecular formula is C18H19F2N3O. The van der Waals surface area contributed by atoms with Gasteiger partial charge in [-0.2, -0.15) is 0 Å². The molecule has 1 fully saturated rings. The normalized spacial score (nSPS) is 17.6. The number of aromatic nitrogens is 2. The summed E-state index contributed by atoms with van der Waals surface area (Å²) in [5.41, 5.74) is 2.22. The Morgan fingerprint density at radius 3 is 2.67 bits per heavy atom. The molecule has 1 saturated carbocycles. The highest BCUT2D eigenvalue weighted by Crippen LogP contribution is 2.38. The predicted octanol–water partition coefficient (Wildman–Crippen LogP) is 3.20. The fraction of sp³-hybridized carbons (Fsp3) is 0.444. The Labute approximate surface area is 139 Å². The molecular weight excluding hydrogens is 312 g/mol. The Kier molecular flexibility index (Phi) is 3.92. The molecule has 6 heteroatoms. The van der Waals surface area contributed by atoms with Crippen LogP contribution >= 0.6 is 0 Å². The van der Waals surface area contributed by atoms with Crippen molar-refractivity contribution < 1.29 is 13.5 Å². The van der Waals surface area contributed by atoms with Crippen molar-refractivity contribution in [3.05, 3.63) is 52.6 Å². The van der Waals surface area contributed by atoms with Gasteiger partial charge in [-0.15, -0.1) is 0 Å². The number of rotatable bonds is 4. The average molecular weight is 331 g/mol. The van der Waals surface area contributed by atoms with Gasteiger partial charge >= 0.3 is 0 Å². The molecule has 4 rings (SSSR count). The number of fused-ring (bicyclic) bond motifs is 1. The minimum Gasteiger partial charge on any atom is -0.497 e. The largest absolute Gasteiger partial charge is 0.497 e. The van der Waals surface area contributed by atoms with E-state index in [-0.39, 0.29) is 17.9 Å². The maximum absolute atomic E-state index is 14.1. The van der Waals surface area contributed by atoms with E-state index in [9.17, 15) is 8.78 Å². The summed E-state index contributed by atoms with van der Waals surface area (Å²) >= 11 is 0. The summed E-state index contributed by atoms with van der Waals surface area (Å²) in [7, 11) is 1.39. The minimum atomic E-state index is -0.571. The maximum Gasteiger partial charge on any atom is 0.134 e. The highest BCUT2D eigenvalue weighted by atomic mass is 19.1. The number of hydrogen-bond donors (Lipinski definition) is 0. The average Bonchev–Trinajstić information content (AvgIpc) is 3.42. The van der Waals surface area contributed by atoms with Crippen LogP contribution in [0.3, 0.4) is 0 Å². The van der Waals surface area contributed by atoms with Crippen LogP contribution in [0, 0.1) is 11.6 Å². The summed E-state index contributed by atoms with van der Waals surface area (Å²) < 4.78 is 33.1. The van der Waals surface area contributed by atoms with Crippen LogP contribution in [0.4, 0.5) is 8.78 Å². The number of hydrogen-bond acceptors (Lipinski definition) is 4. The van der Waals surface area contributed by atoms with Crippen LogP contribution in [0.1, 0.15) is 41.4 Å². The van der Waals surface area contributed by atoms with Gasteiger partial charge in [0.2, 0.25) is 0 Å². The Morgan fingerprint density at radius 1 is 1.25 bits per heavy atom. The molecule has 0 N–H and O–H groups in total. The van der Waals surface area contributed by atoms with Gasteiger partial charge in [-0.3, -0.25) is 4.90 Å². The number of halogens is 2. The molecule has 1 aromatic carbocycles. The number of benzene rings is 1. The van der Waals surface area contributed by atoms with Crippen LogP contribution in [0.25, 0.3) is 0 Å². The summed E-state index contributed by atoms with van der Waals surface area (Å²) in [6.45, 7) is 1.58.